The monoisotopic (exact) mass is 762 g/mol. The van der Waals surface area contributed by atoms with Gasteiger partial charge in [0.25, 0.3) is 5.91 Å². The van der Waals surface area contributed by atoms with Crippen LogP contribution in [-0.4, -0.2) is 71.4 Å². The number of aromatic nitrogens is 6. The number of alkyl carbamates (subject to hydrolysis) is 1. The molecule has 2 aromatic heterocycles. The molecule has 0 radical (unpaired) electrons. The molecule has 1 saturated carbocycles. The van der Waals surface area contributed by atoms with Crippen LogP contribution in [0.25, 0.3) is 22.6 Å². The van der Waals surface area contributed by atoms with E-state index < -0.39 is 60.3 Å². The SMILES string of the molecule is C[C@H](NC(=O)OC[C@H](c1ccc(Cl)c(-c2ncnn2C(F)F)c1)N1C(=N)N[C@](CC(C)(C)C)(c2ccc(-c3cnn(C4CC4)n3)cc2)C1=O)C(F)(F)F. The van der Waals surface area contributed by atoms with Gasteiger partial charge >= 0.3 is 18.8 Å². The lowest BCUT2D eigenvalue weighted by Crippen LogP contribution is -2.47. The highest BCUT2D eigenvalue weighted by atomic mass is 35.5. The highest BCUT2D eigenvalue weighted by molar-refractivity contribution is 6.33. The average molecular weight is 763 g/mol. The second-order valence-electron chi connectivity index (χ2n) is 14.2. The van der Waals surface area contributed by atoms with Crippen molar-refractivity contribution < 1.29 is 36.3 Å². The first kappa shape index (κ1) is 37.6. The molecule has 2 fully saturated rings. The van der Waals surface area contributed by atoms with Crippen LogP contribution in [0.3, 0.4) is 0 Å². The van der Waals surface area contributed by atoms with Crippen LogP contribution in [0, 0.1) is 10.8 Å². The number of benzene rings is 2. The van der Waals surface area contributed by atoms with E-state index >= 15 is 0 Å². The minimum Gasteiger partial charge on any atom is -0.447 e. The van der Waals surface area contributed by atoms with Gasteiger partial charge in [-0.3, -0.25) is 15.1 Å². The molecule has 0 bridgehead atoms. The Balaban J connectivity index is 1.39. The van der Waals surface area contributed by atoms with E-state index in [9.17, 15) is 31.5 Å². The molecule has 2 aliphatic rings. The van der Waals surface area contributed by atoms with Gasteiger partial charge in [-0.05, 0) is 54.9 Å². The third-order valence-electron chi connectivity index (χ3n) is 8.89. The number of nitrogens with one attached hydrogen (secondary N) is 3. The number of ether oxygens (including phenoxy) is 1. The number of carbonyl (C=O) groups excluding carboxylic acids is 2. The number of halogens is 6. The van der Waals surface area contributed by atoms with Crippen LogP contribution in [0.1, 0.15) is 76.7 Å². The number of hydrogen-bond acceptors (Lipinski definition) is 8. The van der Waals surface area contributed by atoms with E-state index in [0.29, 0.717) is 15.9 Å². The number of hydrogen-bond donors (Lipinski definition) is 3. The summed E-state index contributed by atoms with van der Waals surface area (Å²) in [5, 5.41) is 26.3. The standard InChI is InChI=1S/C34H36ClF5N10O3/c1-18(34(38,39)40)45-31(52)53-15-26(20-7-12-24(35)23(13-20)27-42-17-44-49(27)29(36)37)48-28(51)33(46-30(48)41,16-32(2,3)4)21-8-5-19(6-9-21)25-14-43-50(47-25)22-10-11-22/h5-9,12-14,17-18,22,26,29H,10-11,15-16H2,1-4H3,(H2,41,46)(H,45,52)/t18-,26+,33+/m0/s1. The van der Waals surface area contributed by atoms with Crippen LogP contribution in [-0.2, 0) is 15.1 Å². The third kappa shape index (κ3) is 7.82. The van der Waals surface area contributed by atoms with Gasteiger partial charge in [0.15, 0.2) is 11.8 Å². The zero-order chi connectivity index (χ0) is 38.5. The van der Waals surface area contributed by atoms with Crippen LogP contribution < -0.4 is 10.6 Å². The van der Waals surface area contributed by atoms with Crippen LogP contribution in [0.4, 0.5) is 26.7 Å². The zero-order valence-electron chi connectivity index (χ0n) is 29.0. The fourth-order valence-corrected chi connectivity index (χ4v) is 6.43. The largest absolute Gasteiger partial charge is 0.447 e. The average Bonchev–Trinajstić information content (AvgIpc) is 3.49. The quantitative estimate of drug-likeness (QED) is 0.138. The third-order valence-corrected chi connectivity index (χ3v) is 9.22. The minimum atomic E-state index is -4.77. The minimum absolute atomic E-state index is 0.0136. The predicted octanol–water partition coefficient (Wildman–Crippen LogP) is 7.00. The number of nitrogens with zero attached hydrogens (tertiary/aromatic N) is 7. The fourth-order valence-electron chi connectivity index (χ4n) is 6.23. The molecule has 6 rings (SSSR count). The van der Waals surface area contributed by atoms with E-state index in [1.807, 2.05) is 20.8 Å². The molecule has 3 atom stereocenters. The number of alkyl halides is 5. The molecular weight excluding hydrogens is 727 g/mol. The van der Waals surface area contributed by atoms with Crippen LogP contribution in [0.15, 0.2) is 55.0 Å². The lowest BCUT2D eigenvalue weighted by molar-refractivity contribution is -0.150. The molecule has 1 saturated heterocycles. The van der Waals surface area contributed by atoms with Crippen molar-refractivity contribution in [2.45, 2.75) is 83.3 Å². The van der Waals surface area contributed by atoms with Crippen LogP contribution >= 0.6 is 11.6 Å². The van der Waals surface area contributed by atoms with Crippen molar-refractivity contribution >= 4 is 29.6 Å². The molecule has 4 aromatic rings. The molecule has 19 heteroatoms. The Morgan fingerprint density at radius 1 is 1.13 bits per heavy atom. The molecule has 1 aliphatic carbocycles. The normalized spacial score (nSPS) is 19.0. The van der Waals surface area contributed by atoms with E-state index in [2.05, 4.69) is 25.6 Å². The van der Waals surface area contributed by atoms with Crippen molar-refractivity contribution in [1.82, 2.24) is 45.3 Å². The van der Waals surface area contributed by atoms with E-state index in [0.717, 1.165) is 36.6 Å². The van der Waals surface area contributed by atoms with Crippen molar-refractivity contribution in [2.24, 2.45) is 5.41 Å². The van der Waals surface area contributed by atoms with Gasteiger partial charge in [0.2, 0.25) is 0 Å². The maximum atomic E-state index is 14.9. The van der Waals surface area contributed by atoms with Gasteiger partial charge in [-0.15, -0.1) is 0 Å². The summed E-state index contributed by atoms with van der Waals surface area (Å²) < 4.78 is 72.8. The Labute approximate surface area is 305 Å². The molecule has 3 N–H and O–H groups in total. The van der Waals surface area contributed by atoms with Gasteiger partial charge in [-0.25, -0.2) is 9.78 Å². The smallest absolute Gasteiger partial charge is 0.408 e. The van der Waals surface area contributed by atoms with Crippen molar-refractivity contribution in [1.29, 1.82) is 5.41 Å². The predicted molar refractivity (Wildman–Crippen MR) is 182 cm³/mol. The van der Waals surface area contributed by atoms with Crippen molar-refractivity contribution in [3.8, 4) is 22.6 Å². The van der Waals surface area contributed by atoms with Gasteiger partial charge in [0.1, 0.15) is 30.2 Å². The summed E-state index contributed by atoms with van der Waals surface area (Å²) >= 11 is 6.42. The fraction of sp³-hybridized carbons (Fsp3) is 0.441. The van der Waals surface area contributed by atoms with E-state index in [1.165, 1.54) is 18.2 Å². The second kappa shape index (κ2) is 14.0. The lowest BCUT2D eigenvalue weighted by atomic mass is 9.75. The van der Waals surface area contributed by atoms with Crippen molar-refractivity contribution in [3.05, 3.63) is 71.1 Å². The first-order chi connectivity index (χ1) is 24.9. The van der Waals surface area contributed by atoms with E-state index in [4.69, 9.17) is 21.7 Å². The molecule has 1 aliphatic heterocycles. The van der Waals surface area contributed by atoms with Crippen LogP contribution in [0.2, 0.25) is 5.02 Å². The Morgan fingerprint density at radius 3 is 2.45 bits per heavy atom. The molecule has 0 unspecified atom stereocenters. The van der Waals surface area contributed by atoms with E-state index in [-0.39, 0.29) is 34.4 Å². The molecule has 0 spiro atoms. The first-order valence-corrected chi connectivity index (χ1v) is 17.0. The Kier molecular flexibility index (Phi) is 9.95. The van der Waals surface area contributed by atoms with E-state index in [1.54, 1.807) is 40.6 Å². The summed E-state index contributed by atoms with van der Waals surface area (Å²) in [5.74, 6) is -1.35. The second-order valence-corrected chi connectivity index (χ2v) is 14.6. The summed E-state index contributed by atoms with van der Waals surface area (Å²) in [4.78, 5) is 34.1. The lowest BCUT2D eigenvalue weighted by Gasteiger charge is -2.35. The molecule has 3 heterocycles. The number of carbonyl (C=O) groups is 2. The van der Waals surface area contributed by atoms with Crippen molar-refractivity contribution in [3.63, 3.8) is 0 Å². The Bertz CT molecular complexity index is 2010. The molecule has 2 amide bonds. The summed E-state index contributed by atoms with van der Waals surface area (Å²) in [6.07, 6.45) is -1.44. The summed E-state index contributed by atoms with van der Waals surface area (Å²) in [6, 6.07) is 7.83. The molecule has 2 aromatic carbocycles. The Morgan fingerprint density at radius 2 is 1.83 bits per heavy atom. The van der Waals surface area contributed by atoms with Gasteiger partial charge in [0.05, 0.1) is 23.3 Å². The van der Waals surface area contributed by atoms with Crippen molar-refractivity contribution in [2.75, 3.05) is 6.61 Å². The summed E-state index contributed by atoms with van der Waals surface area (Å²) in [6.45, 7) is 2.65. The molecular formula is C34H36ClF5N10O3. The topological polar surface area (TPSA) is 156 Å². The van der Waals surface area contributed by atoms with Gasteiger partial charge in [0, 0.05) is 11.1 Å². The highest BCUT2D eigenvalue weighted by Gasteiger charge is 2.54. The number of rotatable bonds is 11. The summed E-state index contributed by atoms with van der Waals surface area (Å²) in [7, 11) is 0. The first-order valence-electron chi connectivity index (χ1n) is 16.6. The maximum Gasteiger partial charge on any atom is 0.408 e. The molecule has 13 nitrogen and oxygen atoms in total. The highest BCUT2D eigenvalue weighted by Crippen LogP contribution is 2.43. The Hall–Kier alpha value is -5.13. The number of amides is 2. The summed E-state index contributed by atoms with van der Waals surface area (Å²) in [5.41, 5.74) is -0.0212. The zero-order valence-corrected chi connectivity index (χ0v) is 29.7. The van der Waals surface area contributed by atoms with Crippen LogP contribution in [0.5, 0.6) is 0 Å². The van der Waals surface area contributed by atoms with Gasteiger partial charge in [-0.2, -0.15) is 46.7 Å². The van der Waals surface area contributed by atoms with Gasteiger partial charge in [-0.1, -0.05) is 62.7 Å². The maximum absolute atomic E-state index is 14.9. The molecule has 53 heavy (non-hydrogen) atoms. The number of guanidine groups is 1. The van der Waals surface area contributed by atoms with Gasteiger partial charge < -0.3 is 15.4 Å². The molecule has 282 valence electrons.